The highest BCUT2D eigenvalue weighted by atomic mass is 19.1. The van der Waals surface area contributed by atoms with Crippen LogP contribution in [0.4, 0.5) is 15.8 Å². The minimum Gasteiger partial charge on any atom is -0.370 e. The van der Waals surface area contributed by atoms with Crippen molar-refractivity contribution in [2.45, 2.75) is 26.8 Å². The average molecular weight is 394 g/mol. The molecule has 9 heteroatoms. The molecule has 1 aliphatic heterocycles. The van der Waals surface area contributed by atoms with Crippen LogP contribution in [0.15, 0.2) is 18.2 Å². The maximum atomic E-state index is 14.5. The van der Waals surface area contributed by atoms with E-state index in [0.29, 0.717) is 25.4 Å². The van der Waals surface area contributed by atoms with Crippen LogP contribution in [0.3, 0.4) is 0 Å². The molecule has 0 aromatic heterocycles. The number of anilines is 2. The van der Waals surface area contributed by atoms with E-state index in [0.717, 1.165) is 6.07 Å². The summed E-state index contributed by atoms with van der Waals surface area (Å²) in [5.74, 6) is -2.51. The summed E-state index contributed by atoms with van der Waals surface area (Å²) in [4.78, 5) is 39.2. The summed E-state index contributed by atoms with van der Waals surface area (Å²) in [6.07, 6.45) is 0. The number of carbonyl (C=O) groups is 3. The van der Waals surface area contributed by atoms with Crippen molar-refractivity contribution in [1.29, 1.82) is 0 Å². The molecule has 0 aliphatic carbocycles. The van der Waals surface area contributed by atoms with E-state index >= 15 is 0 Å². The van der Waals surface area contributed by atoms with Crippen molar-refractivity contribution in [2.75, 3.05) is 43.6 Å². The van der Waals surface area contributed by atoms with E-state index in [1.807, 2.05) is 20.8 Å². The molecule has 0 bridgehead atoms. The second-order valence-electron chi connectivity index (χ2n) is 8.03. The number of hydrogen-bond donors (Lipinski definition) is 2. The number of nitrogens with two attached hydrogens (primary N) is 1. The standard InChI is InChI=1S/C19H27FN4O4/c1-19(2,3)11-23(4)16(17(21)26)18(27)22-14-6-5-12(9-13(14)20)24-7-8-28-10-15(24)25/h5-6,9,16H,7-8,10-11H2,1-4H3,(H2,21,26)(H,22,27)/t16-/m0/s1. The van der Waals surface area contributed by atoms with Crippen molar-refractivity contribution in [3.05, 3.63) is 24.0 Å². The molecule has 1 saturated heterocycles. The SMILES string of the molecule is CN(CC(C)(C)C)[C@@H](C(N)=O)C(=O)Nc1ccc(N2CCOCC2=O)cc1F. The lowest BCUT2D eigenvalue weighted by molar-refractivity contribution is -0.132. The third kappa shape index (κ3) is 5.49. The second-order valence-corrected chi connectivity index (χ2v) is 8.03. The molecular formula is C19H27FN4O4. The molecular weight excluding hydrogens is 367 g/mol. The van der Waals surface area contributed by atoms with E-state index in [1.165, 1.54) is 21.9 Å². The lowest BCUT2D eigenvalue weighted by Crippen LogP contribution is -2.52. The normalized spacial score (nSPS) is 16.2. The fourth-order valence-electron chi connectivity index (χ4n) is 3.15. The molecule has 3 amide bonds. The van der Waals surface area contributed by atoms with Crippen molar-refractivity contribution >= 4 is 29.1 Å². The van der Waals surface area contributed by atoms with E-state index in [-0.39, 0.29) is 23.6 Å². The number of amides is 3. The van der Waals surface area contributed by atoms with Gasteiger partial charge in [0.2, 0.25) is 5.91 Å². The Morgan fingerprint density at radius 3 is 2.61 bits per heavy atom. The van der Waals surface area contributed by atoms with Crippen LogP contribution in [0.5, 0.6) is 0 Å². The maximum Gasteiger partial charge on any atom is 0.253 e. The molecule has 0 unspecified atom stereocenters. The van der Waals surface area contributed by atoms with Gasteiger partial charge >= 0.3 is 0 Å². The first kappa shape index (κ1) is 21.8. The van der Waals surface area contributed by atoms with E-state index in [2.05, 4.69) is 5.32 Å². The average Bonchev–Trinajstić information content (AvgIpc) is 2.55. The zero-order chi connectivity index (χ0) is 21.1. The molecule has 0 saturated carbocycles. The van der Waals surface area contributed by atoms with Crippen LogP contribution in [0.2, 0.25) is 0 Å². The van der Waals surface area contributed by atoms with Crippen molar-refractivity contribution in [3.8, 4) is 0 Å². The van der Waals surface area contributed by atoms with Gasteiger partial charge in [0.25, 0.3) is 11.8 Å². The van der Waals surface area contributed by atoms with Crippen LogP contribution in [0, 0.1) is 11.2 Å². The molecule has 2 rings (SSSR count). The molecule has 1 aliphatic rings. The lowest BCUT2D eigenvalue weighted by atomic mass is 9.95. The van der Waals surface area contributed by atoms with Gasteiger partial charge < -0.3 is 20.7 Å². The van der Waals surface area contributed by atoms with Crippen molar-refractivity contribution in [1.82, 2.24) is 4.90 Å². The number of benzene rings is 1. The molecule has 1 atom stereocenters. The lowest BCUT2D eigenvalue weighted by Gasteiger charge is -2.31. The summed E-state index contributed by atoms with van der Waals surface area (Å²) in [5, 5.41) is 2.42. The smallest absolute Gasteiger partial charge is 0.253 e. The molecule has 28 heavy (non-hydrogen) atoms. The van der Waals surface area contributed by atoms with Crippen LogP contribution >= 0.6 is 0 Å². The first-order valence-corrected chi connectivity index (χ1v) is 8.97. The fraction of sp³-hybridized carbons (Fsp3) is 0.526. The van der Waals surface area contributed by atoms with E-state index in [4.69, 9.17) is 10.5 Å². The molecule has 1 fully saturated rings. The van der Waals surface area contributed by atoms with Gasteiger partial charge in [0.05, 0.1) is 12.3 Å². The predicted octanol–water partition coefficient (Wildman–Crippen LogP) is 0.959. The summed E-state index contributed by atoms with van der Waals surface area (Å²) >= 11 is 0. The molecule has 1 aromatic rings. The Hall–Kier alpha value is -2.52. The number of morpholine rings is 1. The van der Waals surface area contributed by atoms with Crippen molar-refractivity contribution in [2.24, 2.45) is 11.1 Å². The van der Waals surface area contributed by atoms with Crippen molar-refractivity contribution < 1.29 is 23.5 Å². The van der Waals surface area contributed by atoms with E-state index in [1.54, 1.807) is 7.05 Å². The highest BCUT2D eigenvalue weighted by molar-refractivity contribution is 6.09. The minimum atomic E-state index is -1.24. The molecule has 0 spiro atoms. The van der Waals surface area contributed by atoms with E-state index < -0.39 is 23.7 Å². The summed E-state index contributed by atoms with van der Waals surface area (Å²) in [5.41, 5.74) is 5.51. The van der Waals surface area contributed by atoms with Gasteiger partial charge in [-0.15, -0.1) is 0 Å². The quantitative estimate of drug-likeness (QED) is 0.700. The number of halogens is 1. The number of carbonyl (C=O) groups excluding carboxylic acids is 3. The molecule has 8 nitrogen and oxygen atoms in total. The zero-order valence-corrected chi connectivity index (χ0v) is 16.6. The number of nitrogens with one attached hydrogen (secondary N) is 1. The summed E-state index contributed by atoms with van der Waals surface area (Å²) in [6.45, 7) is 6.97. The molecule has 0 radical (unpaired) electrons. The molecule has 1 heterocycles. The Morgan fingerprint density at radius 2 is 2.07 bits per heavy atom. The third-order valence-electron chi connectivity index (χ3n) is 4.19. The number of hydrogen-bond acceptors (Lipinski definition) is 5. The topological polar surface area (TPSA) is 105 Å². The Labute approximate surface area is 163 Å². The van der Waals surface area contributed by atoms with Crippen molar-refractivity contribution in [3.63, 3.8) is 0 Å². The number of primary amides is 1. The number of likely N-dealkylation sites (N-methyl/N-ethyl adjacent to an activating group) is 1. The Kier molecular flexibility index (Phi) is 6.73. The molecule has 154 valence electrons. The fourth-order valence-corrected chi connectivity index (χ4v) is 3.15. The van der Waals surface area contributed by atoms with Gasteiger partial charge in [0.15, 0.2) is 6.04 Å². The van der Waals surface area contributed by atoms with Gasteiger partial charge in [-0.1, -0.05) is 20.8 Å². The summed E-state index contributed by atoms with van der Waals surface area (Å²) in [7, 11) is 1.61. The third-order valence-corrected chi connectivity index (χ3v) is 4.19. The van der Waals surface area contributed by atoms with Gasteiger partial charge in [-0.2, -0.15) is 0 Å². The van der Waals surface area contributed by atoms with Gasteiger partial charge in [-0.25, -0.2) is 4.39 Å². The highest BCUT2D eigenvalue weighted by Crippen LogP contribution is 2.24. The number of rotatable bonds is 6. The number of nitrogens with zero attached hydrogens (tertiary/aromatic N) is 2. The molecule has 3 N–H and O–H groups in total. The first-order chi connectivity index (χ1) is 13.0. The minimum absolute atomic E-state index is 0.0551. The first-order valence-electron chi connectivity index (χ1n) is 8.97. The Bertz CT molecular complexity index is 763. The monoisotopic (exact) mass is 394 g/mol. The number of ether oxygens (including phenoxy) is 1. The zero-order valence-electron chi connectivity index (χ0n) is 16.6. The largest absolute Gasteiger partial charge is 0.370 e. The van der Waals surface area contributed by atoms with Gasteiger partial charge in [-0.05, 0) is 30.7 Å². The van der Waals surface area contributed by atoms with Crippen LogP contribution in [-0.4, -0.2) is 62.0 Å². The molecule has 1 aromatic carbocycles. The summed E-state index contributed by atoms with van der Waals surface area (Å²) < 4.78 is 19.6. The Balaban J connectivity index is 2.15. The Morgan fingerprint density at radius 1 is 1.39 bits per heavy atom. The summed E-state index contributed by atoms with van der Waals surface area (Å²) in [6, 6.07) is 2.81. The van der Waals surface area contributed by atoms with Crippen LogP contribution < -0.4 is 16.0 Å². The van der Waals surface area contributed by atoms with Crippen LogP contribution in [0.25, 0.3) is 0 Å². The van der Waals surface area contributed by atoms with Gasteiger partial charge in [0.1, 0.15) is 12.4 Å². The predicted molar refractivity (Wildman–Crippen MR) is 103 cm³/mol. The highest BCUT2D eigenvalue weighted by Gasteiger charge is 2.31. The van der Waals surface area contributed by atoms with Gasteiger partial charge in [0, 0.05) is 18.8 Å². The maximum absolute atomic E-state index is 14.5. The van der Waals surface area contributed by atoms with Crippen LogP contribution in [-0.2, 0) is 19.1 Å². The van der Waals surface area contributed by atoms with Crippen LogP contribution in [0.1, 0.15) is 20.8 Å². The second kappa shape index (κ2) is 8.66. The van der Waals surface area contributed by atoms with E-state index in [9.17, 15) is 18.8 Å². The van der Waals surface area contributed by atoms with Gasteiger partial charge in [-0.3, -0.25) is 19.3 Å².